The molecule has 0 bridgehead atoms. The summed E-state index contributed by atoms with van der Waals surface area (Å²) in [5.74, 6) is 0.0311. The molecule has 38 heavy (non-hydrogen) atoms. The average Bonchev–Trinajstić information content (AvgIpc) is 3.21. The van der Waals surface area contributed by atoms with E-state index in [1.54, 1.807) is 18.2 Å². The number of nitro benzene ring substituents is 1. The number of phenols is 1. The molecule has 198 valence electrons. The van der Waals surface area contributed by atoms with Gasteiger partial charge in [-0.2, -0.15) is 0 Å². The number of nitro groups is 1. The molecular formula is C25H22BrN3O8S. The van der Waals surface area contributed by atoms with Crippen LogP contribution in [0.3, 0.4) is 0 Å². The van der Waals surface area contributed by atoms with E-state index in [2.05, 4.69) is 20.9 Å². The number of non-ortho nitro benzene ring substituents is 1. The lowest BCUT2D eigenvalue weighted by atomic mass is 9.97. The number of benzene rings is 2. The third kappa shape index (κ3) is 5.07. The Labute approximate surface area is 228 Å². The van der Waals surface area contributed by atoms with Crippen molar-refractivity contribution >= 4 is 45.0 Å². The SMILES string of the molecule is CCOc1ccc([C@@H]2C(C(=O)OC)=CN=c3s/c(=C/c4cc([N+](=O)[O-])cc(Br)c4O)c(=O)n32)cc1OCC. The van der Waals surface area contributed by atoms with Crippen LogP contribution >= 0.6 is 27.3 Å². The Morgan fingerprint density at radius 3 is 2.61 bits per heavy atom. The third-order valence-electron chi connectivity index (χ3n) is 5.58. The molecule has 2 aromatic carbocycles. The number of nitrogens with zero attached hydrogens (tertiary/aromatic N) is 3. The molecule has 4 rings (SSSR count). The predicted octanol–water partition coefficient (Wildman–Crippen LogP) is 3.19. The second-order valence-corrected chi connectivity index (χ2v) is 9.73. The van der Waals surface area contributed by atoms with Gasteiger partial charge in [0, 0.05) is 23.9 Å². The number of rotatable bonds is 8. The highest BCUT2D eigenvalue weighted by molar-refractivity contribution is 9.10. The van der Waals surface area contributed by atoms with E-state index in [0.29, 0.717) is 30.3 Å². The van der Waals surface area contributed by atoms with Crippen molar-refractivity contribution in [2.45, 2.75) is 19.9 Å². The summed E-state index contributed by atoms with van der Waals surface area (Å²) in [6.45, 7) is 4.46. The number of fused-ring (bicyclic) bond motifs is 1. The van der Waals surface area contributed by atoms with Crippen molar-refractivity contribution < 1.29 is 29.0 Å². The van der Waals surface area contributed by atoms with Gasteiger partial charge in [-0.1, -0.05) is 17.4 Å². The van der Waals surface area contributed by atoms with Gasteiger partial charge < -0.3 is 19.3 Å². The first kappa shape index (κ1) is 27.1. The van der Waals surface area contributed by atoms with Crippen molar-refractivity contribution in [3.05, 3.63) is 87.5 Å². The monoisotopic (exact) mass is 603 g/mol. The van der Waals surface area contributed by atoms with Gasteiger partial charge in [-0.05, 0) is 53.5 Å². The van der Waals surface area contributed by atoms with Gasteiger partial charge in [0.1, 0.15) is 5.75 Å². The molecule has 0 saturated heterocycles. The van der Waals surface area contributed by atoms with Crippen LogP contribution in [0.2, 0.25) is 0 Å². The summed E-state index contributed by atoms with van der Waals surface area (Å²) in [5, 5.41) is 21.8. The number of hydrogen-bond donors (Lipinski definition) is 1. The lowest BCUT2D eigenvalue weighted by molar-refractivity contribution is -0.385. The molecule has 0 amide bonds. The molecule has 1 atom stereocenters. The highest BCUT2D eigenvalue weighted by Crippen LogP contribution is 2.35. The molecule has 3 aromatic rings. The number of halogens is 1. The quantitative estimate of drug-likeness (QED) is 0.235. The van der Waals surface area contributed by atoms with E-state index in [4.69, 9.17) is 14.2 Å². The van der Waals surface area contributed by atoms with E-state index in [1.165, 1.54) is 30.0 Å². The van der Waals surface area contributed by atoms with Gasteiger partial charge in [-0.25, -0.2) is 9.79 Å². The van der Waals surface area contributed by atoms with Crippen LogP contribution < -0.4 is 24.4 Å². The number of methoxy groups -OCH3 is 1. The molecule has 1 aromatic heterocycles. The zero-order valence-corrected chi connectivity index (χ0v) is 22.9. The van der Waals surface area contributed by atoms with Crippen molar-refractivity contribution in [2.75, 3.05) is 20.3 Å². The molecule has 0 fully saturated rings. The van der Waals surface area contributed by atoms with E-state index in [9.17, 15) is 24.8 Å². The van der Waals surface area contributed by atoms with Crippen LogP contribution in [0.4, 0.5) is 5.69 Å². The van der Waals surface area contributed by atoms with Crippen molar-refractivity contribution in [3.8, 4) is 17.2 Å². The first-order chi connectivity index (χ1) is 18.2. The first-order valence-electron chi connectivity index (χ1n) is 11.4. The van der Waals surface area contributed by atoms with E-state index in [0.717, 1.165) is 17.4 Å². The molecule has 1 aliphatic rings. The average molecular weight is 604 g/mol. The number of thiazole rings is 1. The molecule has 1 N–H and O–H groups in total. The minimum Gasteiger partial charge on any atom is -0.506 e. The molecule has 1 aliphatic heterocycles. The van der Waals surface area contributed by atoms with Crippen LogP contribution in [0.15, 0.2) is 56.4 Å². The summed E-state index contributed by atoms with van der Waals surface area (Å²) in [6, 6.07) is 6.55. The maximum absolute atomic E-state index is 13.7. The number of carbonyl (C=O) groups excluding carboxylic acids is 1. The fraction of sp³-hybridized carbons (Fsp3) is 0.240. The van der Waals surface area contributed by atoms with Crippen LogP contribution in [0.25, 0.3) is 6.08 Å². The second kappa shape index (κ2) is 11.2. The fourth-order valence-electron chi connectivity index (χ4n) is 3.95. The zero-order chi connectivity index (χ0) is 27.6. The summed E-state index contributed by atoms with van der Waals surface area (Å²) >= 11 is 4.12. The number of hydrogen-bond acceptors (Lipinski definition) is 10. The van der Waals surface area contributed by atoms with Crippen LogP contribution in [0, 0.1) is 10.1 Å². The van der Waals surface area contributed by atoms with Crippen LogP contribution in [-0.2, 0) is 9.53 Å². The van der Waals surface area contributed by atoms with Gasteiger partial charge in [0.15, 0.2) is 16.3 Å². The van der Waals surface area contributed by atoms with Gasteiger partial charge in [-0.3, -0.25) is 19.5 Å². The number of aromatic hydroxyl groups is 1. The summed E-state index contributed by atoms with van der Waals surface area (Å²) < 4.78 is 17.9. The minimum atomic E-state index is -0.902. The summed E-state index contributed by atoms with van der Waals surface area (Å²) in [4.78, 5) is 41.7. The van der Waals surface area contributed by atoms with E-state index < -0.39 is 22.5 Å². The molecule has 0 aliphatic carbocycles. The molecule has 11 nitrogen and oxygen atoms in total. The number of carbonyl (C=O) groups is 1. The van der Waals surface area contributed by atoms with Crippen molar-refractivity contribution in [1.82, 2.24) is 4.57 Å². The molecule has 2 heterocycles. The maximum atomic E-state index is 13.7. The number of esters is 1. The van der Waals surface area contributed by atoms with Crippen molar-refractivity contribution in [1.29, 1.82) is 0 Å². The number of aromatic nitrogens is 1. The molecular weight excluding hydrogens is 582 g/mol. The highest BCUT2D eigenvalue weighted by atomic mass is 79.9. The third-order valence-corrected chi connectivity index (χ3v) is 7.18. The molecule has 13 heteroatoms. The lowest BCUT2D eigenvalue weighted by Gasteiger charge is -2.23. The van der Waals surface area contributed by atoms with Gasteiger partial charge in [0.2, 0.25) is 0 Å². The van der Waals surface area contributed by atoms with Gasteiger partial charge in [0.25, 0.3) is 11.2 Å². The Balaban J connectivity index is 1.94. The standard InChI is InChI=1S/C25H22BrN3O8S/c1-4-36-18-7-6-13(9-19(18)37-5-2)21-16(24(32)35-3)12-27-25-28(21)23(31)20(38-25)10-14-8-15(29(33)34)11-17(26)22(14)30/h6-12,21,30H,4-5H2,1-3H3/b20-10+/t21-/m1/s1. The predicted molar refractivity (Wildman–Crippen MR) is 142 cm³/mol. The van der Waals surface area contributed by atoms with Crippen LogP contribution in [0.1, 0.15) is 31.0 Å². The van der Waals surface area contributed by atoms with Crippen LogP contribution in [-0.4, -0.2) is 40.9 Å². The Morgan fingerprint density at radius 2 is 1.95 bits per heavy atom. The Morgan fingerprint density at radius 1 is 1.24 bits per heavy atom. The molecule has 0 spiro atoms. The van der Waals surface area contributed by atoms with Crippen molar-refractivity contribution in [2.24, 2.45) is 4.99 Å². The number of ether oxygens (including phenoxy) is 3. The summed E-state index contributed by atoms with van der Waals surface area (Å²) in [5.41, 5.74) is -0.0320. The van der Waals surface area contributed by atoms with Gasteiger partial charge in [0.05, 0.1) is 45.9 Å². The Kier molecular flexibility index (Phi) is 7.97. The lowest BCUT2D eigenvalue weighted by Crippen LogP contribution is -2.39. The van der Waals surface area contributed by atoms with Crippen LogP contribution in [0.5, 0.6) is 17.2 Å². The number of phenolic OH excluding ortho intramolecular Hbond substituents is 1. The minimum absolute atomic E-state index is 0.0692. The zero-order valence-electron chi connectivity index (χ0n) is 20.5. The second-order valence-electron chi connectivity index (χ2n) is 7.87. The topological polar surface area (TPSA) is 142 Å². The van der Waals surface area contributed by atoms with Gasteiger partial charge in [-0.15, -0.1) is 0 Å². The van der Waals surface area contributed by atoms with Crippen molar-refractivity contribution in [3.63, 3.8) is 0 Å². The summed E-state index contributed by atoms with van der Waals surface area (Å²) in [6.07, 6.45) is 2.70. The van der Waals surface area contributed by atoms with E-state index in [-0.39, 0.29) is 36.4 Å². The smallest absolute Gasteiger partial charge is 0.337 e. The highest BCUT2D eigenvalue weighted by Gasteiger charge is 2.31. The molecule has 0 radical (unpaired) electrons. The molecule has 0 unspecified atom stereocenters. The molecule has 0 saturated carbocycles. The first-order valence-corrected chi connectivity index (χ1v) is 13.0. The largest absolute Gasteiger partial charge is 0.506 e. The maximum Gasteiger partial charge on any atom is 0.337 e. The van der Waals surface area contributed by atoms with E-state index >= 15 is 0 Å². The Hall–Kier alpha value is -3.97. The summed E-state index contributed by atoms with van der Waals surface area (Å²) in [7, 11) is 1.23. The fourth-order valence-corrected chi connectivity index (χ4v) is 5.37. The van der Waals surface area contributed by atoms with Gasteiger partial charge >= 0.3 is 5.97 Å². The normalized spacial score (nSPS) is 14.8. The Bertz CT molecular complexity index is 1640. The van der Waals surface area contributed by atoms with E-state index in [1.807, 2.05) is 13.8 Å².